The number of rotatable bonds is 2. The Morgan fingerprint density at radius 3 is 2.82 bits per heavy atom. The second-order valence-electron chi connectivity index (χ2n) is 4.02. The number of fused-ring (bicyclic) bond motifs is 1. The molecular weight excluding hydrogens is 216 g/mol. The lowest BCUT2D eigenvalue weighted by atomic mass is 10.1. The van der Waals surface area contributed by atoms with Gasteiger partial charge in [0.05, 0.1) is 6.61 Å². The Labute approximate surface area is 100.0 Å². The van der Waals surface area contributed by atoms with Crippen molar-refractivity contribution in [2.24, 2.45) is 7.05 Å². The zero-order valence-electron chi connectivity index (χ0n) is 10.3. The van der Waals surface area contributed by atoms with Gasteiger partial charge in [-0.15, -0.1) is 0 Å². The minimum atomic E-state index is -0.302. The third kappa shape index (κ3) is 1.75. The fourth-order valence-electron chi connectivity index (χ4n) is 1.97. The Morgan fingerprint density at radius 2 is 2.18 bits per heavy atom. The minimum absolute atomic E-state index is 0.302. The Balaban J connectivity index is 2.64. The molecule has 0 atom stereocenters. The SMILES string of the molecule is CCOC(=O)c1cc2c(C)c(N)ccc2n1C. The van der Waals surface area contributed by atoms with Gasteiger partial charge in [0.15, 0.2) is 0 Å². The molecule has 0 saturated carbocycles. The van der Waals surface area contributed by atoms with Crippen LogP contribution in [0.15, 0.2) is 18.2 Å². The maximum Gasteiger partial charge on any atom is 0.354 e. The van der Waals surface area contributed by atoms with E-state index in [2.05, 4.69) is 0 Å². The molecule has 4 heteroatoms. The molecule has 1 aromatic carbocycles. The molecule has 0 aliphatic rings. The average molecular weight is 232 g/mol. The molecule has 0 spiro atoms. The normalized spacial score (nSPS) is 10.8. The summed E-state index contributed by atoms with van der Waals surface area (Å²) >= 11 is 0. The van der Waals surface area contributed by atoms with Gasteiger partial charge in [0.1, 0.15) is 5.69 Å². The number of carbonyl (C=O) groups excluding carboxylic acids is 1. The maximum atomic E-state index is 11.8. The van der Waals surface area contributed by atoms with Crippen molar-refractivity contribution in [1.29, 1.82) is 0 Å². The summed E-state index contributed by atoms with van der Waals surface area (Å²) in [5.41, 5.74) is 9.12. The molecule has 4 nitrogen and oxygen atoms in total. The van der Waals surface area contributed by atoms with E-state index in [0.717, 1.165) is 22.2 Å². The molecule has 1 aromatic heterocycles. The molecule has 0 amide bonds. The Hall–Kier alpha value is -1.97. The van der Waals surface area contributed by atoms with E-state index >= 15 is 0 Å². The van der Waals surface area contributed by atoms with Crippen LogP contribution in [0.1, 0.15) is 23.0 Å². The zero-order valence-corrected chi connectivity index (χ0v) is 10.3. The number of esters is 1. The van der Waals surface area contributed by atoms with E-state index in [9.17, 15) is 4.79 Å². The largest absolute Gasteiger partial charge is 0.461 e. The zero-order chi connectivity index (χ0) is 12.6. The smallest absolute Gasteiger partial charge is 0.354 e. The van der Waals surface area contributed by atoms with Crippen molar-refractivity contribution < 1.29 is 9.53 Å². The van der Waals surface area contributed by atoms with Crippen molar-refractivity contribution in [2.45, 2.75) is 13.8 Å². The fraction of sp³-hybridized carbons (Fsp3) is 0.308. The van der Waals surface area contributed by atoms with Crippen LogP contribution in [-0.2, 0) is 11.8 Å². The van der Waals surface area contributed by atoms with Crippen LogP contribution in [0.3, 0.4) is 0 Å². The summed E-state index contributed by atoms with van der Waals surface area (Å²) in [5.74, 6) is -0.302. The summed E-state index contributed by atoms with van der Waals surface area (Å²) in [6.45, 7) is 4.12. The predicted molar refractivity (Wildman–Crippen MR) is 68.0 cm³/mol. The third-order valence-corrected chi connectivity index (χ3v) is 3.02. The highest BCUT2D eigenvalue weighted by Gasteiger charge is 2.15. The number of nitrogens with zero attached hydrogens (tertiary/aromatic N) is 1. The van der Waals surface area contributed by atoms with E-state index in [1.807, 2.05) is 36.7 Å². The van der Waals surface area contributed by atoms with E-state index in [4.69, 9.17) is 10.5 Å². The number of hydrogen-bond acceptors (Lipinski definition) is 3. The van der Waals surface area contributed by atoms with Crippen LogP contribution in [0.4, 0.5) is 5.69 Å². The lowest BCUT2D eigenvalue weighted by Gasteiger charge is -2.04. The number of hydrogen-bond donors (Lipinski definition) is 1. The molecule has 2 aromatic rings. The molecule has 0 saturated heterocycles. The number of aryl methyl sites for hydroxylation is 2. The second kappa shape index (κ2) is 4.13. The van der Waals surface area contributed by atoms with Gasteiger partial charge in [-0.1, -0.05) is 0 Å². The van der Waals surface area contributed by atoms with Gasteiger partial charge in [0.2, 0.25) is 0 Å². The van der Waals surface area contributed by atoms with Gasteiger partial charge in [-0.2, -0.15) is 0 Å². The van der Waals surface area contributed by atoms with Gasteiger partial charge in [-0.25, -0.2) is 4.79 Å². The standard InChI is InChI=1S/C13H16N2O2/c1-4-17-13(16)12-7-9-8(2)10(14)5-6-11(9)15(12)3/h5-7H,4,14H2,1-3H3. The summed E-state index contributed by atoms with van der Waals surface area (Å²) in [6, 6.07) is 5.60. The first-order chi connectivity index (χ1) is 8.06. The van der Waals surface area contributed by atoms with Crippen LogP contribution in [-0.4, -0.2) is 17.1 Å². The molecule has 17 heavy (non-hydrogen) atoms. The number of ether oxygens (including phenoxy) is 1. The van der Waals surface area contributed by atoms with E-state index in [-0.39, 0.29) is 5.97 Å². The van der Waals surface area contributed by atoms with Crippen molar-refractivity contribution >= 4 is 22.6 Å². The third-order valence-electron chi connectivity index (χ3n) is 3.02. The van der Waals surface area contributed by atoms with Crippen molar-refractivity contribution in [3.05, 3.63) is 29.5 Å². The van der Waals surface area contributed by atoms with Crippen LogP contribution in [0.5, 0.6) is 0 Å². The van der Waals surface area contributed by atoms with Gasteiger partial charge < -0.3 is 15.0 Å². The van der Waals surface area contributed by atoms with E-state index < -0.39 is 0 Å². The van der Waals surface area contributed by atoms with Crippen LogP contribution in [0, 0.1) is 6.92 Å². The van der Waals surface area contributed by atoms with Crippen LogP contribution >= 0.6 is 0 Å². The van der Waals surface area contributed by atoms with Crippen molar-refractivity contribution in [1.82, 2.24) is 4.57 Å². The Bertz CT molecular complexity index is 585. The fourth-order valence-corrected chi connectivity index (χ4v) is 1.97. The highest BCUT2D eigenvalue weighted by Crippen LogP contribution is 2.26. The molecule has 0 unspecified atom stereocenters. The first-order valence-electron chi connectivity index (χ1n) is 5.58. The van der Waals surface area contributed by atoms with Gasteiger partial charge in [0, 0.05) is 23.6 Å². The van der Waals surface area contributed by atoms with E-state index in [1.165, 1.54) is 0 Å². The van der Waals surface area contributed by atoms with Crippen LogP contribution in [0.25, 0.3) is 10.9 Å². The highest BCUT2D eigenvalue weighted by molar-refractivity contribution is 5.98. The lowest BCUT2D eigenvalue weighted by molar-refractivity contribution is 0.0516. The summed E-state index contributed by atoms with van der Waals surface area (Å²) < 4.78 is 6.85. The molecule has 0 aliphatic heterocycles. The molecule has 0 bridgehead atoms. The lowest BCUT2D eigenvalue weighted by Crippen LogP contribution is -2.09. The quantitative estimate of drug-likeness (QED) is 0.638. The van der Waals surface area contributed by atoms with Crippen LogP contribution in [0.2, 0.25) is 0 Å². The van der Waals surface area contributed by atoms with Gasteiger partial charge >= 0.3 is 5.97 Å². The molecule has 2 rings (SSSR count). The number of nitrogen functional groups attached to an aromatic ring is 1. The van der Waals surface area contributed by atoms with E-state index in [0.29, 0.717) is 12.3 Å². The van der Waals surface area contributed by atoms with Crippen molar-refractivity contribution in [3.8, 4) is 0 Å². The topological polar surface area (TPSA) is 57.2 Å². The monoisotopic (exact) mass is 232 g/mol. The summed E-state index contributed by atoms with van der Waals surface area (Å²) in [6.07, 6.45) is 0. The molecule has 90 valence electrons. The van der Waals surface area contributed by atoms with Crippen LogP contribution < -0.4 is 5.73 Å². The van der Waals surface area contributed by atoms with Gasteiger partial charge in [-0.3, -0.25) is 0 Å². The number of nitrogens with two attached hydrogens (primary N) is 1. The second-order valence-corrected chi connectivity index (χ2v) is 4.02. The number of benzene rings is 1. The van der Waals surface area contributed by atoms with Gasteiger partial charge in [-0.05, 0) is 37.6 Å². The molecule has 0 fully saturated rings. The van der Waals surface area contributed by atoms with Gasteiger partial charge in [0.25, 0.3) is 0 Å². The average Bonchev–Trinajstić information content (AvgIpc) is 2.63. The number of carbonyl (C=O) groups is 1. The summed E-state index contributed by atoms with van der Waals surface area (Å²) in [5, 5.41) is 0.996. The Morgan fingerprint density at radius 1 is 1.47 bits per heavy atom. The van der Waals surface area contributed by atoms with Crippen molar-refractivity contribution in [3.63, 3.8) is 0 Å². The number of aromatic nitrogens is 1. The summed E-state index contributed by atoms with van der Waals surface area (Å²) in [7, 11) is 1.85. The molecule has 0 aliphatic carbocycles. The molecule has 1 heterocycles. The number of anilines is 1. The highest BCUT2D eigenvalue weighted by atomic mass is 16.5. The first kappa shape index (κ1) is 11.5. The summed E-state index contributed by atoms with van der Waals surface area (Å²) in [4.78, 5) is 11.8. The molecule has 2 N–H and O–H groups in total. The molecular formula is C13H16N2O2. The Kier molecular flexibility index (Phi) is 2.79. The van der Waals surface area contributed by atoms with Crippen molar-refractivity contribution in [2.75, 3.05) is 12.3 Å². The first-order valence-corrected chi connectivity index (χ1v) is 5.58. The van der Waals surface area contributed by atoms with E-state index in [1.54, 1.807) is 6.92 Å². The predicted octanol–water partition coefficient (Wildman–Crippen LogP) is 2.25. The maximum absolute atomic E-state index is 11.8. The molecule has 0 radical (unpaired) electrons. The minimum Gasteiger partial charge on any atom is -0.461 e.